The lowest BCUT2D eigenvalue weighted by Gasteiger charge is -2.26. The molecule has 0 aliphatic carbocycles. The first kappa shape index (κ1) is 15.9. The van der Waals surface area contributed by atoms with Crippen LogP contribution >= 0.6 is 15.9 Å². The molecule has 0 amide bonds. The Labute approximate surface area is 135 Å². The molecule has 0 fully saturated rings. The predicted octanol–water partition coefficient (Wildman–Crippen LogP) is 5.97. The second-order valence-electron chi connectivity index (χ2n) is 6.08. The van der Waals surface area contributed by atoms with Gasteiger partial charge in [-0.1, -0.05) is 48.8 Å². The topological polar surface area (TPSA) is 18.5 Å². The average Bonchev–Trinajstić information content (AvgIpc) is 2.47. The minimum atomic E-state index is 0.179. The third kappa shape index (κ3) is 4.24. The molecular formula is C18H21BrO2. The molecule has 0 radical (unpaired) electrons. The van der Waals surface area contributed by atoms with Crippen LogP contribution in [0.1, 0.15) is 31.2 Å². The second-order valence-corrected chi connectivity index (χ2v) is 6.99. The van der Waals surface area contributed by atoms with Crippen LogP contribution in [0.3, 0.4) is 0 Å². The number of halogens is 1. The molecule has 0 spiro atoms. The van der Waals surface area contributed by atoms with E-state index in [1.165, 1.54) is 5.56 Å². The lowest BCUT2D eigenvalue weighted by atomic mass is 9.88. The van der Waals surface area contributed by atoms with Crippen molar-refractivity contribution in [2.75, 3.05) is 7.11 Å². The van der Waals surface area contributed by atoms with Crippen molar-refractivity contribution in [1.29, 1.82) is 0 Å². The molecule has 2 aromatic carbocycles. The standard InChI is InChI=1S/C18H21BrO2/c1-18(2,3)17(19)13-5-7-15(8-6-13)21-16-11-9-14(20-4)10-12-16/h5-12,17H,1-4H3. The van der Waals surface area contributed by atoms with Crippen LogP contribution in [0.15, 0.2) is 48.5 Å². The molecule has 0 aliphatic rings. The van der Waals surface area contributed by atoms with Crippen LogP contribution in [0.4, 0.5) is 0 Å². The maximum Gasteiger partial charge on any atom is 0.127 e. The highest BCUT2D eigenvalue weighted by molar-refractivity contribution is 9.09. The zero-order valence-electron chi connectivity index (χ0n) is 12.9. The molecule has 2 nitrogen and oxygen atoms in total. The minimum Gasteiger partial charge on any atom is -0.497 e. The number of benzene rings is 2. The molecule has 0 aromatic heterocycles. The fourth-order valence-corrected chi connectivity index (χ4v) is 2.29. The first-order valence-corrected chi connectivity index (χ1v) is 7.87. The summed E-state index contributed by atoms with van der Waals surface area (Å²) in [5.74, 6) is 2.46. The lowest BCUT2D eigenvalue weighted by Crippen LogP contribution is -2.12. The van der Waals surface area contributed by atoms with Crippen molar-refractivity contribution in [3.05, 3.63) is 54.1 Å². The highest BCUT2D eigenvalue weighted by atomic mass is 79.9. The van der Waals surface area contributed by atoms with Crippen LogP contribution in [-0.2, 0) is 0 Å². The highest BCUT2D eigenvalue weighted by Crippen LogP contribution is 2.40. The summed E-state index contributed by atoms with van der Waals surface area (Å²) >= 11 is 3.76. The molecule has 0 N–H and O–H groups in total. The van der Waals surface area contributed by atoms with Crippen molar-refractivity contribution in [2.45, 2.75) is 25.6 Å². The third-order valence-corrected chi connectivity index (χ3v) is 5.13. The van der Waals surface area contributed by atoms with Crippen LogP contribution in [0.2, 0.25) is 0 Å². The highest BCUT2D eigenvalue weighted by Gasteiger charge is 2.23. The Morgan fingerprint density at radius 2 is 1.24 bits per heavy atom. The SMILES string of the molecule is COc1ccc(Oc2ccc(C(Br)C(C)(C)C)cc2)cc1. The Morgan fingerprint density at radius 3 is 1.67 bits per heavy atom. The smallest absolute Gasteiger partial charge is 0.127 e. The van der Waals surface area contributed by atoms with Gasteiger partial charge in [-0.05, 0) is 47.4 Å². The Kier molecular flexibility index (Phi) is 4.94. The van der Waals surface area contributed by atoms with Crippen LogP contribution in [0, 0.1) is 5.41 Å². The lowest BCUT2D eigenvalue weighted by molar-refractivity contribution is 0.406. The third-order valence-electron chi connectivity index (χ3n) is 3.23. The Bertz CT molecular complexity index is 568. The van der Waals surface area contributed by atoms with E-state index in [-0.39, 0.29) is 5.41 Å². The molecule has 1 unspecified atom stereocenters. The Hall–Kier alpha value is -1.48. The van der Waals surface area contributed by atoms with Crippen molar-refractivity contribution in [1.82, 2.24) is 0 Å². The van der Waals surface area contributed by atoms with Gasteiger partial charge in [0.25, 0.3) is 0 Å². The fourth-order valence-electron chi connectivity index (χ4n) is 1.98. The largest absolute Gasteiger partial charge is 0.497 e. The monoisotopic (exact) mass is 348 g/mol. The maximum absolute atomic E-state index is 5.83. The number of hydrogen-bond acceptors (Lipinski definition) is 2. The molecule has 0 saturated carbocycles. The fraction of sp³-hybridized carbons (Fsp3) is 0.333. The van der Waals surface area contributed by atoms with Gasteiger partial charge in [0.15, 0.2) is 0 Å². The Morgan fingerprint density at radius 1 is 0.810 bits per heavy atom. The molecule has 0 bridgehead atoms. The van der Waals surface area contributed by atoms with E-state index in [0.717, 1.165) is 17.2 Å². The van der Waals surface area contributed by atoms with Crippen LogP contribution in [0.25, 0.3) is 0 Å². The number of methoxy groups -OCH3 is 1. The van der Waals surface area contributed by atoms with Gasteiger partial charge in [0.05, 0.1) is 7.11 Å². The van der Waals surface area contributed by atoms with E-state index >= 15 is 0 Å². The summed E-state index contributed by atoms with van der Waals surface area (Å²) in [5, 5.41) is 0. The zero-order valence-corrected chi connectivity index (χ0v) is 14.5. The van der Waals surface area contributed by atoms with E-state index in [1.807, 2.05) is 36.4 Å². The van der Waals surface area contributed by atoms with Crippen molar-refractivity contribution in [2.24, 2.45) is 5.41 Å². The van der Waals surface area contributed by atoms with E-state index in [1.54, 1.807) is 7.11 Å². The van der Waals surface area contributed by atoms with Crippen LogP contribution < -0.4 is 9.47 Å². The summed E-state index contributed by atoms with van der Waals surface area (Å²) in [6.07, 6.45) is 0. The summed E-state index contributed by atoms with van der Waals surface area (Å²) in [6, 6.07) is 15.8. The Balaban J connectivity index is 2.08. The van der Waals surface area contributed by atoms with Gasteiger partial charge in [-0.3, -0.25) is 0 Å². The summed E-state index contributed by atoms with van der Waals surface area (Å²) in [5.41, 5.74) is 1.43. The van der Waals surface area contributed by atoms with Crippen molar-refractivity contribution in [3.63, 3.8) is 0 Å². The molecule has 2 aromatic rings. The summed E-state index contributed by atoms with van der Waals surface area (Å²) in [7, 11) is 1.65. The van der Waals surface area contributed by atoms with E-state index in [2.05, 4.69) is 48.8 Å². The van der Waals surface area contributed by atoms with Gasteiger partial charge < -0.3 is 9.47 Å². The van der Waals surface area contributed by atoms with Gasteiger partial charge in [0.1, 0.15) is 17.2 Å². The normalized spacial score (nSPS) is 12.8. The number of alkyl halides is 1. The first-order chi connectivity index (χ1) is 9.90. The molecule has 0 heterocycles. The number of hydrogen-bond donors (Lipinski definition) is 0. The molecule has 0 saturated heterocycles. The predicted molar refractivity (Wildman–Crippen MR) is 90.6 cm³/mol. The van der Waals surface area contributed by atoms with Gasteiger partial charge in [-0.15, -0.1) is 0 Å². The molecule has 1 atom stereocenters. The molecule has 112 valence electrons. The van der Waals surface area contributed by atoms with E-state index < -0.39 is 0 Å². The van der Waals surface area contributed by atoms with Gasteiger partial charge in [0.2, 0.25) is 0 Å². The van der Waals surface area contributed by atoms with Gasteiger partial charge in [-0.2, -0.15) is 0 Å². The first-order valence-electron chi connectivity index (χ1n) is 6.96. The molecule has 3 heteroatoms. The quantitative estimate of drug-likeness (QED) is 0.633. The number of ether oxygens (including phenoxy) is 2. The van der Waals surface area contributed by atoms with Crippen LogP contribution in [-0.4, -0.2) is 7.11 Å². The molecule has 0 aliphatic heterocycles. The summed E-state index contributed by atoms with van der Waals surface area (Å²) < 4.78 is 11.0. The van der Waals surface area contributed by atoms with Gasteiger partial charge in [0, 0.05) is 4.83 Å². The minimum absolute atomic E-state index is 0.179. The molecular weight excluding hydrogens is 328 g/mol. The number of rotatable bonds is 4. The molecule has 2 rings (SSSR count). The average molecular weight is 349 g/mol. The van der Waals surface area contributed by atoms with Crippen LogP contribution in [0.5, 0.6) is 17.2 Å². The van der Waals surface area contributed by atoms with Crippen molar-refractivity contribution < 1.29 is 9.47 Å². The van der Waals surface area contributed by atoms with E-state index in [4.69, 9.17) is 9.47 Å². The maximum atomic E-state index is 5.83. The molecule has 21 heavy (non-hydrogen) atoms. The van der Waals surface area contributed by atoms with Gasteiger partial charge >= 0.3 is 0 Å². The van der Waals surface area contributed by atoms with E-state index in [9.17, 15) is 0 Å². The van der Waals surface area contributed by atoms with Gasteiger partial charge in [-0.25, -0.2) is 0 Å². The van der Waals surface area contributed by atoms with Crippen molar-refractivity contribution in [3.8, 4) is 17.2 Å². The zero-order chi connectivity index (χ0) is 15.5. The second kappa shape index (κ2) is 6.52. The summed E-state index contributed by atoms with van der Waals surface area (Å²) in [6.45, 7) is 6.65. The van der Waals surface area contributed by atoms with E-state index in [0.29, 0.717) is 4.83 Å². The summed E-state index contributed by atoms with van der Waals surface area (Å²) in [4.78, 5) is 0.319. The van der Waals surface area contributed by atoms with Crippen molar-refractivity contribution >= 4 is 15.9 Å².